The van der Waals surface area contributed by atoms with Crippen molar-refractivity contribution in [3.63, 3.8) is 0 Å². The average Bonchev–Trinajstić information content (AvgIpc) is 2.84. The first-order valence-electron chi connectivity index (χ1n) is 8.98. The largest absolute Gasteiger partial charge is 0.444 e. The van der Waals surface area contributed by atoms with E-state index in [2.05, 4.69) is 17.9 Å². The Bertz CT molecular complexity index is 743. The molecule has 1 aromatic carbocycles. The zero-order chi connectivity index (χ0) is 21.3. The third kappa shape index (κ3) is 6.87. The second-order valence-electron chi connectivity index (χ2n) is 7.12. The number of nitrogens with zero attached hydrogens (tertiary/aromatic N) is 1. The number of ether oxygens (including phenoxy) is 1. The van der Waals surface area contributed by atoms with Gasteiger partial charge in [0.25, 0.3) is 11.8 Å². The lowest BCUT2D eigenvalue weighted by atomic mass is 10.1. The van der Waals surface area contributed by atoms with Gasteiger partial charge < -0.3 is 10.5 Å². The van der Waals surface area contributed by atoms with Gasteiger partial charge in [-0.05, 0) is 39.2 Å². The summed E-state index contributed by atoms with van der Waals surface area (Å²) in [5.41, 5.74) is 6.17. The van der Waals surface area contributed by atoms with Crippen LogP contribution in [0.3, 0.4) is 0 Å². The Hall–Kier alpha value is -3.15. The van der Waals surface area contributed by atoms with Gasteiger partial charge in [-0.2, -0.15) is 0 Å². The smallest absolute Gasteiger partial charge is 0.405 e. The molecule has 0 spiro atoms. The minimum Gasteiger partial charge on any atom is -0.444 e. The number of carbonyl (C=O) groups is 3. The first-order chi connectivity index (χ1) is 13.1. The highest BCUT2D eigenvalue weighted by Crippen LogP contribution is 2.22. The van der Waals surface area contributed by atoms with Crippen molar-refractivity contribution in [2.45, 2.75) is 39.2 Å². The molecule has 2 N–H and O–H groups in total. The van der Waals surface area contributed by atoms with Crippen molar-refractivity contribution in [1.82, 2.24) is 4.90 Å². The Morgan fingerprint density at radius 2 is 1.57 bits per heavy atom. The van der Waals surface area contributed by atoms with E-state index in [0.717, 1.165) is 12.8 Å². The Morgan fingerprint density at radius 1 is 1.07 bits per heavy atom. The van der Waals surface area contributed by atoms with E-state index in [1.807, 2.05) is 30.3 Å². The van der Waals surface area contributed by atoms with E-state index in [-0.39, 0.29) is 11.8 Å². The van der Waals surface area contributed by atoms with Gasteiger partial charge in [-0.25, -0.2) is 4.79 Å². The van der Waals surface area contributed by atoms with Gasteiger partial charge in [-0.3, -0.25) is 14.5 Å². The van der Waals surface area contributed by atoms with Crippen molar-refractivity contribution in [2.75, 3.05) is 6.54 Å². The fraction of sp³-hybridized carbons (Fsp3) is 0.318. The summed E-state index contributed by atoms with van der Waals surface area (Å²) in [6.07, 6.45) is 3.71. The lowest BCUT2D eigenvalue weighted by molar-refractivity contribution is -0.137. The zero-order valence-corrected chi connectivity index (χ0v) is 16.7. The van der Waals surface area contributed by atoms with Crippen LogP contribution in [0.25, 0.3) is 0 Å². The van der Waals surface area contributed by atoms with Crippen molar-refractivity contribution < 1.29 is 19.1 Å². The topological polar surface area (TPSA) is 89.7 Å². The molecule has 1 aliphatic rings. The number of benzene rings is 1. The molecule has 0 saturated heterocycles. The van der Waals surface area contributed by atoms with E-state index in [4.69, 9.17) is 5.73 Å². The van der Waals surface area contributed by atoms with Crippen molar-refractivity contribution in [2.24, 2.45) is 5.73 Å². The Morgan fingerprint density at radius 3 is 1.93 bits per heavy atom. The van der Waals surface area contributed by atoms with Crippen LogP contribution in [-0.2, 0) is 20.7 Å². The Kier molecular flexibility index (Phi) is 8.38. The molecular weight excluding hydrogens is 356 g/mol. The Labute approximate surface area is 166 Å². The first kappa shape index (κ1) is 22.9. The highest BCUT2D eigenvalue weighted by molar-refractivity contribution is 6.21. The molecule has 0 saturated carbocycles. The fourth-order valence-corrected chi connectivity index (χ4v) is 2.60. The summed E-state index contributed by atoms with van der Waals surface area (Å²) in [6, 6.07) is 10.0. The van der Waals surface area contributed by atoms with Crippen LogP contribution < -0.4 is 5.73 Å². The number of hydrogen-bond acceptors (Lipinski definition) is 4. The number of imide groups is 1. The summed E-state index contributed by atoms with van der Waals surface area (Å²) in [6.45, 7) is 12.9. The number of nitrogens with two attached hydrogens (primary N) is 1. The molecule has 3 amide bonds. The SMILES string of the molecule is C=CC1=C(C=C)C(=O)N(CCCc2ccccc2)C1=O.CC(C)(C)OC(N)=O. The predicted octanol–water partition coefficient (Wildman–Crippen LogP) is 3.54. The third-order valence-corrected chi connectivity index (χ3v) is 3.75. The molecule has 0 aliphatic carbocycles. The van der Waals surface area contributed by atoms with Gasteiger partial charge in [-0.1, -0.05) is 55.6 Å². The molecule has 0 unspecified atom stereocenters. The van der Waals surface area contributed by atoms with Crippen LogP contribution in [0, 0.1) is 0 Å². The summed E-state index contributed by atoms with van der Waals surface area (Å²) >= 11 is 0. The van der Waals surface area contributed by atoms with E-state index in [1.165, 1.54) is 22.6 Å². The van der Waals surface area contributed by atoms with Gasteiger partial charge in [0.1, 0.15) is 5.60 Å². The fourth-order valence-electron chi connectivity index (χ4n) is 2.60. The predicted molar refractivity (Wildman–Crippen MR) is 109 cm³/mol. The molecule has 150 valence electrons. The van der Waals surface area contributed by atoms with Crippen LogP contribution in [0.5, 0.6) is 0 Å². The van der Waals surface area contributed by atoms with Gasteiger partial charge in [0.15, 0.2) is 0 Å². The number of hydrogen-bond donors (Lipinski definition) is 1. The quantitative estimate of drug-likeness (QED) is 0.760. The molecule has 28 heavy (non-hydrogen) atoms. The standard InChI is InChI=1S/C17H17NO2.C5H11NO2/c1-3-14-15(4-2)17(20)18(16(14)19)12-8-11-13-9-6-5-7-10-13;1-5(2,3)8-4(6)7/h3-7,9-10H,1-2,8,11-12H2;1-3H3,(H2,6,7). The van der Waals surface area contributed by atoms with E-state index in [1.54, 1.807) is 20.8 Å². The van der Waals surface area contributed by atoms with Crippen LogP contribution >= 0.6 is 0 Å². The maximum absolute atomic E-state index is 12.1. The van der Waals surface area contributed by atoms with Gasteiger partial charge >= 0.3 is 6.09 Å². The van der Waals surface area contributed by atoms with E-state index in [0.29, 0.717) is 17.7 Å². The molecule has 1 aliphatic heterocycles. The number of amides is 3. The van der Waals surface area contributed by atoms with E-state index in [9.17, 15) is 14.4 Å². The highest BCUT2D eigenvalue weighted by Gasteiger charge is 2.34. The third-order valence-electron chi connectivity index (χ3n) is 3.75. The minimum atomic E-state index is -0.725. The lowest BCUT2D eigenvalue weighted by Gasteiger charge is -2.16. The molecule has 6 heteroatoms. The average molecular weight is 384 g/mol. The van der Waals surface area contributed by atoms with Crippen molar-refractivity contribution in [3.8, 4) is 0 Å². The molecule has 6 nitrogen and oxygen atoms in total. The van der Waals surface area contributed by atoms with Gasteiger partial charge in [0.05, 0.1) is 11.1 Å². The number of primary amides is 1. The summed E-state index contributed by atoms with van der Waals surface area (Å²) < 4.78 is 4.58. The highest BCUT2D eigenvalue weighted by atomic mass is 16.6. The van der Waals surface area contributed by atoms with Crippen molar-refractivity contribution in [3.05, 3.63) is 72.4 Å². The molecule has 0 bridgehead atoms. The lowest BCUT2D eigenvalue weighted by Crippen LogP contribution is -2.32. The number of rotatable bonds is 6. The van der Waals surface area contributed by atoms with Crippen molar-refractivity contribution >= 4 is 17.9 Å². The van der Waals surface area contributed by atoms with Crippen LogP contribution in [0.4, 0.5) is 4.79 Å². The van der Waals surface area contributed by atoms with Crippen LogP contribution in [0.1, 0.15) is 32.8 Å². The second kappa shape index (κ2) is 10.3. The first-order valence-corrected chi connectivity index (χ1v) is 8.98. The molecule has 0 aromatic heterocycles. The summed E-state index contributed by atoms with van der Waals surface area (Å²) in [7, 11) is 0. The van der Waals surface area contributed by atoms with Gasteiger partial charge in [0, 0.05) is 6.54 Å². The zero-order valence-electron chi connectivity index (χ0n) is 16.7. The second-order valence-corrected chi connectivity index (χ2v) is 7.12. The molecule has 2 rings (SSSR count). The molecule has 1 heterocycles. The van der Waals surface area contributed by atoms with E-state index < -0.39 is 11.7 Å². The minimum absolute atomic E-state index is 0.270. The Balaban J connectivity index is 0.000000416. The molecule has 0 radical (unpaired) electrons. The maximum Gasteiger partial charge on any atom is 0.405 e. The number of carbonyl (C=O) groups excluding carboxylic acids is 3. The summed E-state index contributed by atoms with van der Waals surface area (Å²) in [5, 5.41) is 0. The van der Waals surface area contributed by atoms with Crippen LogP contribution in [0.2, 0.25) is 0 Å². The molecule has 0 atom stereocenters. The van der Waals surface area contributed by atoms with Gasteiger partial charge in [0.2, 0.25) is 0 Å². The summed E-state index contributed by atoms with van der Waals surface area (Å²) in [4.78, 5) is 35.5. The van der Waals surface area contributed by atoms with Crippen molar-refractivity contribution in [1.29, 1.82) is 0 Å². The maximum atomic E-state index is 12.1. The molecule has 1 aromatic rings. The van der Waals surface area contributed by atoms with Crippen LogP contribution in [-0.4, -0.2) is 35.0 Å². The van der Waals surface area contributed by atoms with E-state index >= 15 is 0 Å². The van der Waals surface area contributed by atoms with Crippen LogP contribution in [0.15, 0.2) is 66.8 Å². The molecule has 0 fully saturated rings. The van der Waals surface area contributed by atoms with Gasteiger partial charge in [-0.15, -0.1) is 0 Å². The molecular formula is C22H28N2O4. The number of aryl methyl sites for hydroxylation is 1. The monoisotopic (exact) mass is 384 g/mol. The normalized spacial score (nSPS) is 13.8. The summed E-state index contributed by atoms with van der Waals surface area (Å²) in [5.74, 6) is -0.541.